The lowest BCUT2D eigenvalue weighted by Crippen LogP contribution is -2.23. The summed E-state index contributed by atoms with van der Waals surface area (Å²) in [5.74, 6) is -0.377. The summed E-state index contributed by atoms with van der Waals surface area (Å²) in [6.07, 6.45) is 0. The van der Waals surface area contributed by atoms with E-state index in [0.717, 1.165) is 16.7 Å². The van der Waals surface area contributed by atoms with Crippen molar-refractivity contribution in [2.45, 2.75) is 19.8 Å². The second kappa shape index (κ2) is 10.2. The van der Waals surface area contributed by atoms with Crippen LogP contribution in [0.25, 0.3) is 0 Å². The number of carbonyl (C=O) groups is 1. The van der Waals surface area contributed by atoms with E-state index in [1.807, 2.05) is 54.6 Å². The number of nitro groups is 1. The molecule has 0 radical (unpaired) electrons. The van der Waals surface area contributed by atoms with Crippen LogP contribution in [0.5, 0.6) is 0 Å². The third-order valence-electron chi connectivity index (χ3n) is 4.58. The van der Waals surface area contributed by atoms with Crippen LogP contribution in [0.2, 0.25) is 0 Å². The summed E-state index contributed by atoms with van der Waals surface area (Å²) in [4.78, 5) is 23.0. The molecule has 0 heterocycles. The molecule has 0 aliphatic carbocycles. The van der Waals surface area contributed by atoms with E-state index in [1.165, 1.54) is 18.2 Å². The summed E-state index contributed by atoms with van der Waals surface area (Å²) in [5.41, 5.74) is 3.73. The summed E-state index contributed by atoms with van der Waals surface area (Å²) in [7, 11) is 1.66. The molecule has 30 heavy (non-hydrogen) atoms. The first kappa shape index (κ1) is 21.0. The number of nitrogens with one attached hydrogen (secondary N) is 2. The summed E-state index contributed by atoms with van der Waals surface area (Å²) >= 11 is 0. The third-order valence-corrected chi connectivity index (χ3v) is 4.58. The van der Waals surface area contributed by atoms with Crippen molar-refractivity contribution in [3.8, 4) is 0 Å². The molecule has 3 rings (SSSR count). The van der Waals surface area contributed by atoms with Crippen molar-refractivity contribution in [1.29, 1.82) is 0 Å². The number of hydrogen-bond donors (Lipinski definition) is 2. The van der Waals surface area contributed by atoms with Crippen LogP contribution in [0.1, 0.15) is 27.0 Å². The highest BCUT2D eigenvalue weighted by atomic mass is 16.6. The highest BCUT2D eigenvalue weighted by Gasteiger charge is 2.16. The molecule has 154 valence electrons. The fraction of sp³-hybridized carbons (Fsp3) is 0.174. The number of benzene rings is 3. The van der Waals surface area contributed by atoms with Crippen molar-refractivity contribution in [1.82, 2.24) is 5.32 Å². The van der Waals surface area contributed by atoms with Gasteiger partial charge in [-0.1, -0.05) is 54.6 Å². The molecule has 3 aromatic rings. The highest BCUT2D eigenvalue weighted by Crippen LogP contribution is 2.22. The molecule has 0 bridgehead atoms. The number of non-ortho nitro benzene ring substituents is 1. The average Bonchev–Trinajstić information content (AvgIpc) is 2.78. The Kier molecular flexibility index (Phi) is 7.13. The van der Waals surface area contributed by atoms with Gasteiger partial charge in [0.25, 0.3) is 11.6 Å². The minimum Gasteiger partial charge on any atom is -0.387 e. The zero-order chi connectivity index (χ0) is 21.3. The van der Waals surface area contributed by atoms with Gasteiger partial charge >= 0.3 is 0 Å². The second-order valence-corrected chi connectivity index (χ2v) is 6.71. The number of ether oxygens (including phenoxy) is 1. The Balaban J connectivity index is 1.54. The number of anilines is 1. The minimum absolute atomic E-state index is 0.126. The molecule has 2 N–H and O–H groups in total. The Labute approximate surface area is 174 Å². The lowest BCUT2D eigenvalue weighted by atomic mass is 10.1. The van der Waals surface area contributed by atoms with Gasteiger partial charge in [-0.25, -0.2) is 0 Å². The van der Waals surface area contributed by atoms with Gasteiger partial charge in [-0.3, -0.25) is 14.9 Å². The highest BCUT2D eigenvalue weighted by molar-refractivity contribution is 6.00. The van der Waals surface area contributed by atoms with Crippen molar-refractivity contribution in [3.63, 3.8) is 0 Å². The quantitative estimate of drug-likeness (QED) is 0.409. The lowest BCUT2D eigenvalue weighted by Gasteiger charge is -2.10. The molecule has 0 spiro atoms. The minimum atomic E-state index is -0.519. The summed E-state index contributed by atoms with van der Waals surface area (Å²) in [6, 6.07) is 21.9. The third kappa shape index (κ3) is 5.65. The number of carbonyl (C=O) groups excluding carboxylic acids is 1. The van der Waals surface area contributed by atoms with Crippen molar-refractivity contribution >= 4 is 17.3 Å². The van der Waals surface area contributed by atoms with Gasteiger partial charge in [-0.2, -0.15) is 0 Å². The fourth-order valence-electron chi connectivity index (χ4n) is 2.94. The van der Waals surface area contributed by atoms with Crippen LogP contribution in [0, 0.1) is 10.1 Å². The number of rotatable bonds is 9. The number of hydrogen-bond acceptors (Lipinski definition) is 5. The summed E-state index contributed by atoms with van der Waals surface area (Å²) in [5, 5.41) is 16.7. The van der Waals surface area contributed by atoms with E-state index in [-0.39, 0.29) is 17.2 Å². The van der Waals surface area contributed by atoms with Gasteiger partial charge in [0, 0.05) is 31.4 Å². The van der Waals surface area contributed by atoms with E-state index >= 15 is 0 Å². The van der Waals surface area contributed by atoms with Crippen molar-refractivity contribution in [2.24, 2.45) is 0 Å². The van der Waals surface area contributed by atoms with Crippen LogP contribution in [-0.2, 0) is 24.5 Å². The van der Waals surface area contributed by atoms with Crippen molar-refractivity contribution in [3.05, 3.63) is 105 Å². The van der Waals surface area contributed by atoms with E-state index in [0.29, 0.717) is 25.4 Å². The largest absolute Gasteiger partial charge is 0.387 e. The zero-order valence-electron chi connectivity index (χ0n) is 16.6. The molecule has 0 unspecified atom stereocenters. The Morgan fingerprint density at radius 3 is 2.20 bits per heavy atom. The Bertz CT molecular complexity index is 1000. The monoisotopic (exact) mass is 405 g/mol. The summed E-state index contributed by atoms with van der Waals surface area (Å²) < 4.78 is 5.73. The van der Waals surface area contributed by atoms with Gasteiger partial charge in [-0.15, -0.1) is 0 Å². The van der Waals surface area contributed by atoms with Crippen LogP contribution in [0.4, 0.5) is 11.4 Å². The van der Waals surface area contributed by atoms with Gasteiger partial charge < -0.3 is 15.4 Å². The molecule has 0 saturated heterocycles. The maximum atomic E-state index is 12.5. The average molecular weight is 405 g/mol. The first-order chi connectivity index (χ1) is 14.6. The molecule has 7 heteroatoms. The van der Waals surface area contributed by atoms with Gasteiger partial charge in [0.2, 0.25) is 0 Å². The van der Waals surface area contributed by atoms with E-state index in [4.69, 9.17) is 4.74 Å². The lowest BCUT2D eigenvalue weighted by molar-refractivity contribution is -0.384. The molecule has 0 aliphatic heterocycles. The molecule has 0 fully saturated rings. The van der Waals surface area contributed by atoms with Crippen LogP contribution in [0.3, 0.4) is 0 Å². The smallest absolute Gasteiger partial charge is 0.270 e. The van der Waals surface area contributed by atoms with Crippen LogP contribution >= 0.6 is 0 Å². The first-order valence-electron chi connectivity index (χ1n) is 9.50. The molecule has 0 atom stereocenters. The Morgan fingerprint density at radius 2 is 1.57 bits per heavy atom. The molecule has 3 aromatic carbocycles. The maximum absolute atomic E-state index is 12.5. The van der Waals surface area contributed by atoms with Gasteiger partial charge in [0.1, 0.15) is 0 Å². The molecule has 7 nitrogen and oxygen atoms in total. The SMILES string of the molecule is CNc1ccc([N+](=O)[O-])cc1C(=O)NCc1ccc(COCc2ccccc2)cc1. The molecule has 0 aromatic heterocycles. The van der Waals surface area contributed by atoms with E-state index in [9.17, 15) is 14.9 Å². The molecule has 0 aliphatic rings. The number of nitrogens with zero attached hydrogens (tertiary/aromatic N) is 1. The van der Waals surface area contributed by atoms with Crippen LogP contribution in [-0.4, -0.2) is 17.9 Å². The Morgan fingerprint density at radius 1 is 0.933 bits per heavy atom. The second-order valence-electron chi connectivity index (χ2n) is 6.71. The van der Waals surface area contributed by atoms with Crippen LogP contribution in [0.15, 0.2) is 72.8 Å². The first-order valence-corrected chi connectivity index (χ1v) is 9.50. The number of amides is 1. The number of nitro benzene ring substituents is 1. The van der Waals surface area contributed by atoms with Gasteiger partial charge in [0.05, 0.1) is 23.7 Å². The van der Waals surface area contributed by atoms with E-state index in [1.54, 1.807) is 7.05 Å². The zero-order valence-corrected chi connectivity index (χ0v) is 16.6. The Hall–Kier alpha value is -3.71. The normalized spacial score (nSPS) is 10.4. The predicted octanol–water partition coefficient (Wildman–Crippen LogP) is 4.28. The van der Waals surface area contributed by atoms with Gasteiger partial charge in [0.15, 0.2) is 0 Å². The fourth-order valence-corrected chi connectivity index (χ4v) is 2.94. The predicted molar refractivity (Wildman–Crippen MR) is 115 cm³/mol. The molecular formula is C23H23N3O4. The molecule has 1 amide bonds. The standard InChI is InChI=1S/C23H23N3O4/c1-24-22-12-11-20(26(28)29)13-21(22)23(27)25-14-17-7-9-19(10-8-17)16-30-15-18-5-3-2-4-6-18/h2-13,24H,14-16H2,1H3,(H,25,27). The van der Waals surface area contributed by atoms with Crippen LogP contribution < -0.4 is 10.6 Å². The van der Waals surface area contributed by atoms with E-state index in [2.05, 4.69) is 10.6 Å². The summed E-state index contributed by atoms with van der Waals surface area (Å²) in [6.45, 7) is 1.37. The van der Waals surface area contributed by atoms with Gasteiger partial charge in [-0.05, 0) is 22.8 Å². The topological polar surface area (TPSA) is 93.5 Å². The molecule has 0 saturated carbocycles. The van der Waals surface area contributed by atoms with E-state index < -0.39 is 4.92 Å². The molecular weight excluding hydrogens is 382 g/mol. The maximum Gasteiger partial charge on any atom is 0.270 e. The van der Waals surface area contributed by atoms with Crippen molar-refractivity contribution in [2.75, 3.05) is 12.4 Å². The van der Waals surface area contributed by atoms with Crippen molar-refractivity contribution < 1.29 is 14.5 Å².